The monoisotopic (exact) mass is 299 g/mol. The number of anilines is 1. The molecule has 90 valence electrons. The van der Waals surface area contributed by atoms with Crippen molar-refractivity contribution in [1.29, 1.82) is 0 Å². The molecule has 1 aliphatic rings. The lowest BCUT2D eigenvalue weighted by molar-refractivity contribution is -0.162. The first-order valence-corrected chi connectivity index (χ1v) is 5.78. The number of halogens is 1. The highest BCUT2D eigenvalue weighted by Gasteiger charge is 2.52. The van der Waals surface area contributed by atoms with Gasteiger partial charge in [0.1, 0.15) is 0 Å². The maximum absolute atomic E-state index is 11.8. The van der Waals surface area contributed by atoms with E-state index in [0.29, 0.717) is 5.69 Å². The van der Waals surface area contributed by atoms with Crippen molar-refractivity contribution in [3.05, 3.63) is 28.7 Å². The van der Waals surface area contributed by atoms with E-state index in [2.05, 4.69) is 15.9 Å². The van der Waals surface area contributed by atoms with Crippen LogP contribution in [-0.4, -0.2) is 34.2 Å². The number of aliphatic carboxylic acids is 1. The third-order valence-electron chi connectivity index (χ3n) is 2.79. The van der Waals surface area contributed by atoms with Crippen molar-refractivity contribution in [3.63, 3.8) is 0 Å². The molecule has 1 fully saturated rings. The SMILES string of the molecule is O=C(O)[C@@]1(O)CCN(c2ccc(Br)cc2)C1=O. The van der Waals surface area contributed by atoms with Crippen molar-refractivity contribution in [1.82, 2.24) is 0 Å². The van der Waals surface area contributed by atoms with E-state index in [1.165, 1.54) is 4.90 Å². The van der Waals surface area contributed by atoms with Gasteiger partial charge < -0.3 is 15.1 Å². The van der Waals surface area contributed by atoms with Gasteiger partial charge in [-0.1, -0.05) is 15.9 Å². The number of rotatable bonds is 2. The lowest BCUT2D eigenvalue weighted by atomic mass is 10.0. The molecule has 17 heavy (non-hydrogen) atoms. The highest BCUT2D eigenvalue weighted by molar-refractivity contribution is 9.10. The Morgan fingerprint density at radius 3 is 2.41 bits per heavy atom. The standard InChI is InChI=1S/C11H10BrNO4/c12-7-1-3-8(4-2-7)13-6-5-11(17,9(13)14)10(15)16/h1-4,17H,5-6H2,(H,15,16)/t11-/m1/s1. The van der Waals surface area contributed by atoms with E-state index in [1.54, 1.807) is 24.3 Å². The second kappa shape index (κ2) is 4.12. The number of carboxylic acid groups (broad SMARTS) is 1. The van der Waals surface area contributed by atoms with Gasteiger partial charge in [0.15, 0.2) is 0 Å². The minimum Gasteiger partial charge on any atom is -0.479 e. The Bertz CT molecular complexity index is 473. The third kappa shape index (κ3) is 1.94. The van der Waals surface area contributed by atoms with Gasteiger partial charge in [0.2, 0.25) is 5.60 Å². The first kappa shape index (κ1) is 12.1. The summed E-state index contributed by atoms with van der Waals surface area (Å²) in [7, 11) is 0. The lowest BCUT2D eigenvalue weighted by Gasteiger charge is -2.18. The Kier molecular flexibility index (Phi) is 2.92. The molecule has 1 saturated heterocycles. The molecule has 1 aromatic carbocycles. The predicted octanol–water partition coefficient (Wildman–Crippen LogP) is 1.00. The Labute approximate surface area is 106 Å². The number of hydrogen-bond acceptors (Lipinski definition) is 3. The first-order valence-electron chi connectivity index (χ1n) is 4.98. The van der Waals surface area contributed by atoms with E-state index < -0.39 is 17.5 Å². The molecule has 1 heterocycles. The summed E-state index contributed by atoms with van der Waals surface area (Å²) in [5, 5.41) is 18.6. The first-order chi connectivity index (χ1) is 7.95. The minimum absolute atomic E-state index is 0.1000. The zero-order valence-electron chi connectivity index (χ0n) is 8.76. The Balaban J connectivity index is 2.29. The van der Waals surface area contributed by atoms with Crippen LogP contribution >= 0.6 is 15.9 Å². The van der Waals surface area contributed by atoms with Gasteiger partial charge in [0.25, 0.3) is 5.91 Å². The van der Waals surface area contributed by atoms with Gasteiger partial charge in [-0.05, 0) is 24.3 Å². The Morgan fingerprint density at radius 2 is 1.94 bits per heavy atom. The summed E-state index contributed by atoms with van der Waals surface area (Å²) in [6.07, 6.45) is -0.1000. The van der Waals surface area contributed by atoms with E-state index in [4.69, 9.17) is 5.11 Å². The van der Waals surface area contributed by atoms with Gasteiger partial charge in [0.05, 0.1) is 0 Å². The number of nitrogens with zero attached hydrogens (tertiary/aromatic N) is 1. The zero-order valence-corrected chi connectivity index (χ0v) is 10.3. The fourth-order valence-electron chi connectivity index (χ4n) is 1.77. The highest BCUT2D eigenvalue weighted by atomic mass is 79.9. The van der Waals surface area contributed by atoms with Crippen molar-refractivity contribution < 1.29 is 19.8 Å². The molecule has 1 atom stereocenters. The minimum atomic E-state index is -2.28. The van der Waals surface area contributed by atoms with Crippen molar-refractivity contribution in [2.24, 2.45) is 0 Å². The van der Waals surface area contributed by atoms with Gasteiger partial charge in [-0.15, -0.1) is 0 Å². The molecule has 1 aromatic rings. The van der Waals surface area contributed by atoms with Gasteiger partial charge in [-0.3, -0.25) is 4.79 Å². The lowest BCUT2D eigenvalue weighted by Crippen LogP contribution is -2.46. The number of carbonyl (C=O) groups is 2. The fourth-order valence-corrected chi connectivity index (χ4v) is 2.04. The average Bonchev–Trinajstić information content (AvgIpc) is 2.59. The number of carbonyl (C=O) groups excluding carboxylic acids is 1. The van der Waals surface area contributed by atoms with Crippen LogP contribution in [0.25, 0.3) is 0 Å². The highest BCUT2D eigenvalue weighted by Crippen LogP contribution is 2.29. The summed E-state index contributed by atoms with van der Waals surface area (Å²) >= 11 is 3.27. The molecule has 0 aromatic heterocycles. The Hall–Kier alpha value is -1.40. The van der Waals surface area contributed by atoms with Crippen LogP contribution in [0.2, 0.25) is 0 Å². The van der Waals surface area contributed by atoms with E-state index in [1.807, 2.05) is 0 Å². The van der Waals surface area contributed by atoms with E-state index >= 15 is 0 Å². The molecule has 1 aliphatic heterocycles. The van der Waals surface area contributed by atoms with Crippen LogP contribution in [0.1, 0.15) is 6.42 Å². The van der Waals surface area contributed by atoms with E-state index in [-0.39, 0.29) is 13.0 Å². The second-order valence-corrected chi connectivity index (χ2v) is 4.76. The summed E-state index contributed by atoms with van der Waals surface area (Å²) in [5.41, 5.74) is -1.71. The maximum Gasteiger partial charge on any atom is 0.345 e. The number of benzene rings is 1. The molecule has 0 spiro atoms. The largest absolute Gasteiger partial charge is 0.479 e. The number of aliphatic hydroxyl groups is 1. The predicted molar refractivity (Wildman–Crippen MR) is 63.7 cm³/mol. The fraction of sp³-hybridized carbons (Fsp3) is 0.273. The topological polar surface area (TPSA) is 77.8 Å². The van der Waals surface area contributed by atoms with E-state index in [0.717, 1.165) is 4.47 Å². The Morgan fingerprint density at radius 1 is 1.35 bits per heavy atom. The number of carboxylic acids is 1. The van der Waals surface area contributed by atoms with Crippen LogP contribution in [0.3, 0.4) is 0 Å². The normalized spacial score (nSPS) is 24.1. The van der Waals surface area contributed by atoms with Crippen LogP contribution in [0.5, 0.6) is 0 Å². The van der Waals surface area contributed by atoms with Crippen LogP contribution in [0.15, 0.2) is 28.7 Å². The van der Waals surface area contributed by atoms with E-state index in [9.17, 15) is 14.7 Å². The molecule has 0 bridgehead atoms. The zero-order chi connectivity index (χ0) is 12.6. The van der Waals surface area contributed by atoms with Crippen molar-refractivity contribution in [3.8, 4) is 0 Å². The van der Waals surface area contributed by atoms with Gasteiger partial charge >= 0.3 is 5.97 Å². The molecule has 2 N–H and O–H groups in total. The molecule has 0 radical (unpaired) electrons. The van der Waals surface area contributed by atoms with Crippen LogP contribution in [0.4, 0.5) is 5.69 Å². The smallest absolute Gasteiger partial charge is 0.345 e. The second-order valence-electron chi connectivity index (χ2n) is 3.85. The molecular weight excluding hydrogens is 290 g/mol. The molecule has 1 amide bonds. The van der Waals surface area contributed by atoms with Crippen molar-refractivity contribution in [2.75, 3.05) is 11.4 Å². The number of amides is 1. The molecule has 2 rings (SSSR count). The molecular formula is C11H10BrNO4. The van der Waals surface area contributed by atoms with Gasteiger partial charge in [0, 0.05) is 23.1 Å². The summed E-state index contributed by atoms with van der Waals surface area (Å²) in [4.78, 5) is 24.0. The summed E-state index contributed by atoms with van der Waals surface area (Å²) in [5.74, 6) is -2.28. The summed E-state index contributed by atoms with van der Waals surface area (Å²) < 4.78 is 0.862. The summed E-state index contributed by atoms with van der Waals surface area (Å²) in [6.45, 7) is 0.198. The third-order valence-corrected chi connectivity index (χ3v) is 3.32. The molecule has 6 heteroatoms. The molecule has 5 nitrogen and oxygen atoms in total. The van der Waals surface area contributed by atoms with Gasteiger partial charge in [-0.2, -0.15) is 0 Å². The average molecular weight is 300 g/mol. The molecule has 0 saturated carbocycles. The van der Waals surface area contributed by atoms with Gasteiger partial charge in [-0.25, -0.2) is 4.79 Å². The van der Waals surface area contributed by atoms with Crippen LogP contribution in [-0.2, 0) is 9.59 Å². The number of hydrogen-bond donors (Lipinski definition) is 2. The van der Waals surface area contributed by atoms with Crippen molar-refractivity contribution in [2.45, 2.75) is 12.0 Å². The molecule has 0 unspecified atom stereocenters. The molecule has 0 aliphatic carbocycles. The quantitative estimate of drug-likeness (QED) is 0.799. The maximum atomic E-state index is 11.8. The van der Waals surface area contributed by atoms with Crippen LogP contribution in [0, 0.1) is 0 Å². The van der Waals surface area contributed by atoms with Crippen molar-refractivity contribution >= 4 is 33.5 Å². The van der Waals surface area contributed by atoms with Crippen LogP contribution < -0.4 is 4.90 Å². The summed E-state index contributed by atoms with van der Waals surface area (Å²) in [6, 6.07) is 6.88.